The first-order chi connectivity index (χ1) is 42.1. The summed E-state index contributed by atoms with van der Waals surface area (Å²) in [4.78, 5) is 13.3. The van der Waals surface area contributed by atoms with Crippen molar-refractivity contribution in [3.05, 3.63) is 72.9 Å². The van der Waals surface area contributed by atoms with Crippen LogP contribution in [0, 0.1) is 0 Å². The zero-order valence-corrected chi connectivity index (χ0v) is 54.3. The van der Waals surface area contributed by atoms with Gasteiger partial charge in [-0.2, -0.15) is 0 Å². The van der Waals surface area contributed by atoms with E-state index in [1.165, 1.54) is 148 Å². The van der Waals surface area contributed by atoms with Gasteiger partial charge >= 0.3 is 0 Å². The van der Waals surface area contributed by atoms with Crippen LogP contribution in [0.4, 0.5) is 0 Å². The predicted molar refractivity (Wildman–Crippen MR) is 350 cm³/mol. The van der Waals surface area contributed by atoms with Gasteiger partial charge < -0.3 is 65.1 Å². The van der Waals surface area contributed by atoms with Gasteiger partial charge in [-0.3, -0.25) is 4.79 Å². The highest BCUT2D eigenvalue weighted by Crippen LogP contribution is 2.30. The molecule has 2 aliphatic rings. The summed E-state index contributed by atoms with van der Waals surface area (Å²) in [7, 11) is 0. The Kier molecular flexibility index (Phi) is 52.2. The molecule has 12 atom stereocenters. The largest absolute Gasteiger partial charge is 0.394 e. The zero-order valence-electron chi connectivity index (χ0n) is 54.3. The first-order valence-electron chi connectivity index (χ1n) is 35.2. The Morgan fingerprint density at radius 3 is 1.23 bits per heavy atom. The van der Waals surface area contributed by atoms with Crippen molar-refractivity contribution in [2.45, 2.75) is 357 Å². The number of hydrogen-bond acceptors (Lipinski definition) is 13. The molecule has 0 aromatic heterocycles. The Hall–Kier alpha value is -2.57. The van der Waals surface area contributed by atoms with Crippen molar-refractivity contribution in [1.82, 2.24) is 5.32 Å². The van der Waals surface area contributed by atoms with E-state index in [4.69, 9.17) is 18.9 Å². The molecule has 2 heterocycles. The van der Waals surface area contributed by atoms with Crippen LogP contribution in [0.1, 0.15) is 284 Å². The lowest BCUT2D eigenvalue weighted by Crippen LogP contribution is -2.65. The summed E-state index contributed by atoms with van der Waals surface area (Å²) in [6.45, 7) is 2.77. The molecule has 14 heteroatoms. The Labute approximate surface area is 523 Å². The van der Waals surface area contributed by atoms with Crippen LogP contribution in [0.15, 0.2) is 72.9 Å². The minimum absolute atomic E-state index is 0.220. The topological polar surface area (TPSA) is 228 Å². The highest BCUT2D eigenvalue weighted by Gasteiger charge is 2.51. The van der Waals surface area contributed by atoms with Gasteiger partial charge in [-0.15, -0.1) is 0 Å². The highest BCUT2D eigenvalue weighted by atomic mass is 16.7. The molecule has 9 N–H and O–H groups in total. The maximum atomic E-state index is 13.3. The molecule has 0 bridgehead atoms. The molecule has 500 valence electrons. The average molecular weight is 1220 g/mol. The number of unbranched alkanes of at least 4 members (excludes halogenated alkanes) is 32. The molecular weight excluding hydrogens is 1090 g/mol. The Bertz CT molecular complexity index is 1720. The number of carbonyl (C=O) groups is 1. The van der Waals surface area contributed by atoms with Crippen molar-refractivity contribution >= 4 is 5.91 Å². The van der Waals surface area contributed by atoms with E-state index in [0.29, 0.717) is 12.8 Å². The molecule has 14 nitrogen and oxygen atoms in total. The first kappa shape index (κ1) is 79.5. The van der Waals surface area contributed by atoms with Crippen molar-refractivity contribution in [3.8, 4) is 0 Å². The minimum atomic E-state index is -1.79. The first-order valence-corrected chi connectivity index (χ1v) is 35.2. The summed E-state index contributed by atoms with van der Waals surface area (Å²) >= 11 is 0. The van der Waals surface area contributed by atoms with Crippen LogP contribution in [0.3, 0.4) is 0 Å². The summed E-state index contributed by atoms with van der Waals surface area (Å²) in [5, 5.41) is 87.6. The molecule has 0 aromatic rings. The van der Waals surface area contributed by atoms with E-state index in [2.05, 4.69) is 92.1 Å². The molecule has 2 saturated heterocycles. The van der Waals surface area contributed by atoms with E-state index in [1.807, 2.05) is 0 Å². The zero-order chi connectivity index (χ0) is 62.3. The van der Waals surface area contributed by atoms with Gasteiger partial charge in [0, 0.05) is 6.42 Å². The Balaban J connectivity index is 1.69. The molecule has 0 radical (unpaired) electrons. The third-order valence-electron chi connectivity index (χ3n) is 16.9. The number of ether oxygens (including phenoxy) is 4. The summed E-state index contributed by atoms with van der Waals surface area (Å²) in [6.07, 6.45) is 59.1. The number of hydrogen-bond donors (Lipinski definition) is 9. The van der Waals surface area contributed by atoms with Crippen molar-refractivity contribution < 1.29 is 64.6 Å². The molecule has 0 saturated carbocycles. The lowest BCUT2D eigenvalue weighted by atomic mass is 9.97. The molecule has 0 spiro atoms. The molecule has 0 aromatic carbocycles. The number of aliphatic hydroxyl groups is 8. The standard InChI is InChI=1S/C72H129NO13/c1-3-5-7-9-11-13-15-17-19-21-23-25-27-29-30-32-33-35-37-39-41-43-45-47-49-51-53-55-61(76)60(59-83-71-69(82)67(80)70(63(58-75)85-71)86-72-68(81)66(79)65(78)62(57-74)84-72)73-64(77)56-54-52-50-48-46-44-42-40-38-36-34-31-28-26-24-22-20-18-16-14-12-10-8-6-4-2/h6,8,12,14,18,20,24,26,31,34,38,40,60-63,65-72,74-76,78-82H,3-5,7,9-11,13,15-17,19,21-23,25,27-30,32-33,35-37,39,41-59H2,1-2H3,(H,73,77)/b8-6-,14-12-,20-18-,26-24-,34-31-,40-38-. The van der Waals surface area contributed by atoms with Crippen molar-refractivity contribution in [1.29, 1.82) is 0 Å². The van der Waals surface area contributed by atoms with Crippen LogP contribution in [0.25, 0.3) is 0 Å². The van der Waals surface area contributed by atoms with E-state index in [-0.39, 0.29) is 18.9 Å². The number of carbonyl (C=O) groups excluding carboxylic acids is 1. The molecule has 2 fully saturated rings. The van der Waals surface area contributed by atoms with Crippen LogP contribution in [0.2, 0.25) is 0 Å². The molecular formula is C72H129NO13. The van der Waals surface area contributed by atoms with E-state index in [0.717, 1.165) is 103 Å². The van der Waals surface area contributed by atoms with Crippen molar-refractivity contribution in [3.63, 3.8) is 0 Å². The number of rotatable bonds is 57. The predicted octanol–water partition coefficient (Wildman–Crippen LogP) is 14.2. The second-order valence-electron chi connectivity index (χ2n) is 24.6. The van der Waals surface area contributed by atoms with Crippen LogP contribution in [-0.2, 0) is 23.7 Å². The number of amides is 1. The molecule has 2 rings (SSSR count). The van der Waals surface area contributed by atoms with Crippen molar-refractivity contribution in [2.75, 3.05) is 19.8 Å². The summed E-state index contributed by atoms with van der Waals surface area (Å²) in [5.74, 6) is -0.220. The second kappa shape index (κ2) is 56.4. The summed E-state index contributed by atoms with van der Waals surface area (Å²) in [6, 6.07) is -0.843. The van der Waals surface area contributed by atoms with Gasteiger partial charge in [0.1, 0.15) is 48.8 Å². The fraction of sp³-hybridized carbons (Fsp3) is 0.819. The Morgan fingerprint density at radius 2 is 0.802 bits per heavy atom. The van der Waals surface area contributed by atoms with Gasteiger partial charge in [-0.1, -0.05) is 286 Å². The average Bonchev–Trinajstić information content (AvgIpc) is 2.54. The van der Waals surface area contributed by atoms with E-state index < -0.39 is 86.8 Å². The van der Waals surface area contributed by atoms with E-state index >= 15 is 0 Å². The maximum Gasteiger partial charge on any atom is 0.220 e. The van der Waals surface area contributed by atoms with Crippen LogP contribution in [-0.4, -0.2) is 140 Å². The maximum absolute atomic E-state index is 13.3. The summed E-state index contributed by atoms with van der Waals surface area (Å²) < 4.78 is 22.9. The quantitative estimate of drug-likeness (QED) is 0.0204. The fourth-order valence-electron chi connectivity index (χ4n) is 11.4. The van der Waals surface area contributed by atoms with Crippen LogP contribution >= 0.6 is 0 Å². The highest BCUT2D eigenvalue weighted by molar-refractivity contribution is 5.76. The van der Waals surface area contributed by atoms with Crippen LogP contribution in [0.5, 0.6) is 0 Å². The van der Waals surface area contributed by atoms with E-state index in [1.54, 1.807) is 0 Å². The van der Waals surface area contributed by atoms with Gasteiger partial charge in [0.2, 0.25) is 5.91 Å². The monoisotopic (exact) mass is 1220 g/mol. The minimum Gasteiger partial charge on any atom is -0.394 e. The number of allylic oxidation sites excluding steroid dienone is 12. The van der Waals surface area contributed by atoms with Crippen LogP contribution < -0.4 is 5.32 Å². The molecule has 0 aliphatic carbocycles. The molecule has 1 amide bonds. The van der Waals surface area contributed by atoms with Gasteiger partial charge in [-0.25, -0.2) is 0 Å². The number of aliphatic hydroxyl groups excluding tert-OH is 8. The molecule has 12 unspecified atom stereocenters. The lowest BCUT2D eigenvalue weighted by molar-refractivity contribution is -0.359. The normalized spacial score (nSPS) is 23.8. The van der Waals surface area contributed by atoms with Gasteiger partial charge in [0.25, 0.3) is 0 Å². The van der Waals surface area contributed by atoms with E-state index in [9.17, 15) is 45.6 Å². The van der Waals surface area contributed by atoms with Gasteiger partial charge in [-0.05, 0) is 64.2 Å². The second-order valence-corrected chi connectivity index (χ2v) is 24.6. The van der Waals surface area contributed by atoms with Crippen molar-refractivity contribution in [2.24, 2.45) is 0 Å². The molecule has 86 heavy (non-hydrogen) atoms. The Morgan fingerprint density at radius 1 is 0.430 bits per heavy atom. The number of nitrogens with one attached hydrogen (secondary N) is 1. The van der Waals surface area contributed by atoms with Gasteiger partial charge in [0.15, 0.2) is 12.6 Å². The fourth-order valence-corrected chi connectivity index (χ4v) is 11.4. The summed E-state index contributed by atoms with van der Waals surface area (Å²) in [5.41, 5.74) is 0. The lowest BCUT2D eigenvalue weighted by Gasteiger charge is -2.46. The molecule has 2 aliphatic heterocycles. The van der Waals surface area contributed by atoms with Gasteiger partial charge in [0.05, 0.1) is 32.0 Å². The third kappa shape index (κ3) is 40.2. The third-order valence-corrected chi connectivity index (χ3v) is 16.9. The SMILES string of the molecule is CC/C=C\C/C=C\C/C=C\C/C=C\C/C=C\C/C=C\CCCCCCCCC(=O)NC(COC1OC(CO)C(OC2OC(CO)C(O)C(O)C2O)C(O)C1O)C(O)CCCCCCCCCCCCCCCCCCCCCCCCCCCCC. The smallest absolute Gasteiger partial charge is 0.220 e.